The molecular formula is C34H39N7O3S. The number of urea groups is 1. The molecule has 2 aliphatic rings. The molecule has 2 fully saturated rings. The Bertz CT molecular complexity index is 1760. The normalized spacial score (nSPS) is 17.2. The molecule has 0 bridgehead atoms. The Balaban J connectivity index is 1.30. The number of rotatable bonds is 6. The summed E-state index contributed by atoms with van der Waals surface area (Å²) in [6.45, 7) is 8.88. The fourth-order valence-electron chi connectivity index (χ4n) is 5.73. The molecular weight excluding hydrogens is 586 g/mol. The third-order valence-electron chi connectivity index (χ3n) is 8.07. The first-order chi connectivity index (χ1) is 21.6. The first-order valence-corrected chi connectivity index (χ1v) is 16.2. The first-order valence-electron chi connectivity index (χ1n) is 15.4. The highest BCUT2D eigenvalue weighted by molar-refractivity contribution is 7.19. The molecule has 2 aromatic carbocycles. The van der Waals surface area contributed by atoms with Gasteiger partial charge in [0.1, 0.15) is 11.9 Å². The van der Waals surface area contributed by atoms with E-state index in [0.29, 0.717) is 30.7 Å². The molecule has 3 amide bonds. The van der Waals surface area contributed by atoms with Crippen molar-refractivity contribution in [2.75, 3.05) is 32.0 Å². The van der Waals surface area contributed by atoms with Crippen LogP contribution in [0.3, 0.4) is 0 Å². The number of anilines is 1. The third kappa shape index (κ3) is 7.14. The highest BCUT2D eigenvalue weighted by Crippen LogP contribution is 2.41. The largest absolute Gasteiger partial charge is 0.444 e. The summed E-state index contributed by atoms with van der Waals surface area (Å²) < 4.78 is 5.64. The van der Waals surface area contributed by atoms with Crippen LogP contribution in [-0.2, 0) is 4.74 Å². The standard InChI is InChI=1S/C34H39N7O3S/c1-21-27-17-25(11-12-28(27)37-20-36-21)30-29(24-8-6-7-23(15-24)18-35-5)38-31(45-30)39-32(42)41-14-13-40(33(43)44-34(2,3)4)19-26(41)16-22-9-10-22/h6-8,11-12,15,17-18,20,22,26H,9-10,13-14,16,19H2,1-5H3,(H,38,39,42)/b35-18-. The van der Waals surface area contributed by atoms with Crippen LogP contribution in [0, 0.1) is 12.8 Å². The number of carbonyl (C=O) groups is 2. The lowest BCUT2D eigenvalue weighted by molar-refractivity contribution is 0.00856. The average Bonchev–Trinajstić information content (AvgIpc) is 3.72. The minimum absolute atomic E-state index is 0.0915. The zero-order chi connectivity index (χ0) is 31.7. The van der Waals surface area contributed by atoms with Gasteiger partial charge in [0, 0.05) is 49.5 Å². The molecule has 10 nitrogen and oxygen atoms in total. The minimum Gasteiger partial charge on any atom is -0.444 e. The van der Waals surface area contributed by atoms with Crippen molar-refractivity contribution >= 4 is 45.7 Å². The number of nitrogens with zero attached hydrogens (tertiary/aromatic N) is 6. The van der Waals surface area contributed by atoms with Gasteiger partial charge in [-0.1, -0.05) is 48.4 Å². The number of carbonyl (C=O) groups excluding carboxylic acids is 2. The van der Waals surface area contributed by atoms with Gasteiger partial charge in [-0.2, -0.15) is 0 Å². The summed E-state index contributed by atoms with van der Waals surface area (Å²) in [5.41, 5.74) is 4.84. The monoisotopic (exact) mass is 625 g/mol. The van der Waals surface area contributed by atoms with E-state index in [0.717, 1.165) is 63.1 Å². The van der Waals surface area contributed by atoms with E-state index in [9.17, 15) is 9.59 Å². The number of amides is 3. The van der Waals surface area contributed by atoms with Crippen LogP contribution in [0.2, 0.25) is 0 Å². The van der Waals surface area contributed by atoms with Gasteiger partial charge in [-0.3, -0.25) is 10.3 Å². The lowest BCUT2D eigenvalue weighted by Crippen LogP contribution is -2.58. The molecule has 2 aromatic heterocycles. The van der Waals surface area contributed by atoms with Crippen molar-refractivity contribution in [1.29, 1.82) is 0 Å². The SMILES string of the molecule is C/N=C\c1cccc(-c2nc(NC(=O)N3CCN(C(=O)OC(C)(C)C)CC3CC3CC3)sc2-c2ccc3ncnc(C)c3c2)c1. The predicted molar refractivity (Wildman–Crippen MR) is 179 cm³/mol. The van der Waals surface area contributed by atoms with Crippen LogP contribution in [0.15, 0.2) is 53.8 Å². The maximum atomic E-state index is 13.9. The summed E-state index contributed by atoms with van der Waals surface area (Å²) >= 11 is 1.44. The second-order valence-corrected chi connectivity index (χ2v) is 13.8. The van der Waals surface area contributed by atoms with E-state index in [1.54, 1.807) is 18.3 Å². The Morgan fingerprint density at radius 2 is 1.93 bits per heavy atom. The quantitative estimate of drug-likeness (QED) is 0.230. The van der Waals surface area contributed by atoms with Crippen LogP contribution in [0.25, 0.3) is 32.6 Å². The van der Waals surface area contributed by atoms with Crippen LogP contribution in [0.1, 0.15) is 51.3 Å². The van der Waals surface area contributed by atoms with Gasteiger partial charge in [0.25, 0.3) is 0 Å². The van der Waals surface area contributed by atoms with Gasteiger partial charge in [-0.05, 0) is 69.4 Å². The van der Waals surface area contributed by atoms with E-state index < -0.39 is 5.60 Å². The highest BCUT2D eigenvalue weighted by atomic mass is 32.1. The van der Waals surface area contributed by atoms with E-state index >= 15 is 0 Å². The molecule has 1 saturated heterocycles. The van der Waals surface area contributed by atoms with Crippen LogP contribution < -0.4 is 5.32 Å². The van der Waals surface area contributed by atoms with Crippen molar-refractivity contribution in [3.63, 3.8) is 0 Å². The Hall–Kier alpha value is -4.38. The molecule has 11 heteroatoms. The average molecular weight is 626 g/mol. The van der Waals surface area contributed by atoms with Crippen molar-refractivity contribution in [1.82, 2.24) is 24.8 Å². The highest BCUT2D eigenvalue weighted by Gasteiger charge is 2.38. The number of hydrogen-bond donors (Lipinski definition) is 1. The number of ether oxygens (including phenoxy) is 1. The molecule has 1 aliphatic carbocycles. The molecule has 3 heterocycles. The van der Waals surface area contributed by atoms with E-state index in [1.807, 2.05) is 75.2 Å². The number of fused-ring (bicyclic) bond motifs is 1. The van der Waals surface area contributed by atoms with Crippen molar-refractivity contribution in [3.8, 4) is 21.7 Å². The maximum Gasteiger partial charge on any atom is 0.410 e. The summed E-state index contributed by atoms with van der Waals surface area (Å²) in [5.74, 6) is 0.584. The van der Waals surface area contributed by atoms with E-state index in [-0.39, 0.29) is 18.2 Å². The number of benzene rings is 2. The number of aryl methyl sites for hydroxylation is 1. The first kappa shape index (κ1) is 30.6. The van der Waals surface area contributed by atoms with Crippen LogP contribution in [0.4, 0.5) is 14.7 Å². The Labute approximate surface area is 267 Å². The van der Waals surface area contributed by atoms with Crippen LogP contribution >= 0.6 is 11.3 Å². The number of piperazine rings is 1. The van der Waals surface area contributed by atoms with Crippen molar-refractivity contribution in [2.45, 2.75) is 58.6 Å². The van der Waals surface area contributed by atoms with Gasteiger partial charge in [0.15, 0.2) is 5.13 Å². The van der Waals surface area contributed by atoms with Crippen molar-refractivity contribution in [2.24, 2.45) is 10.9 Å². The van der Waals surface area contributed by atoms with Crippen molar-refractivity contribution in [3.05, 3.63) is 60.0 Å². The topological polar surface area (TPSA) is 113 Å². The molecule has 1 N–H and O–H groups in total. The fourth-order valence-corrected chi connectivity index (χ4v) is 6.70. The molecule has 0 spiro atoms. The van der Waals surface area contributed by atoms with Gasteiger partial charge in [0.2, 0.25) is 0 Å². The third-order valence-corrected chi connectivity index (χ3v) is 9.09. The zero-order valence-electron chi connectivity index (χ0n) is 26.4. The zero-order valence-corrected chi connectivity index (χ0v) is 27.2. The van der Waals surface area contributed by atoms with Crippen molar-refractivity contribution < 1.29 is 14.3 Å². The Morgan fingerprint density at radius 3 is 2.69 bits per heavy atom. The summed E-state index contributed by atoms with van der Waals surface area (Å²) in [7, 11) is 1.75. The van der Waals surface area contributed by atoms with Crippen LogP contribution in [-0.4, -0.2) is 81.4 Å². The molecule has 234 valence electrons. The molecule has 0 radical (unpaired) electrons. The Morgan fingerprint density at radius 1 is 1.11 bits per heavy atom. The second-order valence-electron chi connectivity index (χ2n) is 12.8. The number of hydrogen-bond acceptors (Lipinski definition) is 8. The number of aromatic nitrogens is 3. The van der Waals surface area contributed by atoms with E-state index in [4.69, 9.17) is 9.72 Å². The van der Waals surface area contributed by atoms with Gasteiger partial charge in [0.05, 0.1) is 22.1 Å². The summed E-state index contributed by atoms with van der Waals surface area (Å²) in [5, 5.41) is 4.60. The molecule has 4 aromatic rings. The van der Waals surface area contributed by atoms with E-state index in [1.165, 1.54) is 11.3 Å². The smallest absolute Gasteiger partial charge is 0.410 e. The number of nitrogens with one attached hydrogen (secondary N) is 1. The predicted octanol–water partition coefficient (Wildman–Crippen LogP) is 7.03. The molecule has 1 saturated carbocycles. The fraction of sp³-hybridized carbons (Fsp3) is 0.412. The van der Waals surface area contributed by atoms with E-state index in [2.05, 4.69) is 26.3 Å². The summed E-state index contributed by atoms with van der Waals surface area (Å²) in [4.78, 5) is 49.2. The molecule has 45 heavy (non-hydrogen) atoms. The maximum absolute atomic E-state index is 13.9. The van der Waals surface area contributed by atoms with Gasteiger partial charge in [-0.25, -0.2) is 24.5 Å². The summed E-state index contributed by atoms with van der Waals surface area (Å²) in [6, 6.07) is 13.9. The minimum atomic E-state index is -0.572. The lowest BCUT2D eigenvalue weighted by atomic mass is 10.0. The van der Waals surface area contributed by atoms with Gasteiger partial charge >= 0.3 is 12.1 Å². The lowest BCUT2D eigenvalue weighted by Gasteiger charge is -2.41. The molecule has 1 unspecified atom stereocenters. The summed E-state index contributed by atoms with van der Waals surface area (Å²) in [6.07, 6.45) is 6.25. The van der Waals surface area contributed by atoms with Crippen LogP contribution in [0.5, 0.6) is 0 Å². The van der Waals surface area contributed by atoms with Gasteiger partial charge < -0.3 is 14.5 Å². The molecule has 1 aliphatic heterocycles. The molecule has 6 rings (SSSR count). The molecule has 1 atom stereocenters. The second kappa shape index (κ2) is 12.5. The van der Waals surface area contributed by atoms with Gasteiger partial charge in [-0.15, -0.1) is 0 Å². The Kier molecular flexibility index (Phi) is 8.54. The number of thiazole rings is 1. The number of aliphatic imine (C=N–C) groups is 1.